The average molecular weight is 313 g/mol. The Morgan fingerprint density at radius 1 is 1.50 bits per heavy atom. The van der Waals surface area contributed by atoms with Gasteiger partial charge in [0.05, 0.1) is 20.8 Å². The topological polar surface area (TPSA) is 73.9 Å². The van der Waals surface area contributed by atoms with E-state index in [2.05, 4.69) is 14.6 Å². The van der Waals surface area contributed by atoms with Crippen molar-refractivity contribution in [2.75, 3.05) is 26.6 Å². The predicted octanol–water partition coefficient (Wildman–Crippen LogP) is 1.06. The Hall–Kier alpha value is -0.140. The second-order valence-electron chi connectivity index (χ2n) is 3.48. The molecule has 0 aromatic carbocycles. The van der Waals surface area contributed by atoms with E-state index in [4.69, 9.17) is 16.3 Å². The number of rotatable bonds is 6. The molecule has 0 saturated carbocycles. The van der Waals surface area contributed by atoms with Gasteiger partial charge in [-0.3, -0.25) is 9.59 Å². The molecule has 6 nitrogen and oxygen atoms in total. The van der Waals surface area contributed by atoms with Crippen LogP contribution in [0, 0.1) is 0 Å². The van der Waals surface area contributed by atoms with Gasteiger partial charge in [0.25, 0.3) is 0 Å². The van der Waals surface area contributed by atoms with Crippen LogP contribution < -0.4 is 5.09 Å². The summed E-state index contributed by atoms with van der Waals surface area (Å²) in [4.78, 5) is 22.7. The molecule has 1 rings (SSSR count). The molecule has 9 heteroatoms. The third-order valence-electron chi connectivity index (χ3n) is 2.27. The van der Waals surface area contributed by atoms with E-state index >= 15 is 0 Å². The van der Waals surface area contributed by atoms with Crippen molar-refractivity contribution in [1.82, 2.24) is 5.09 Å². The first-order valence-corrected chi connectivity index (χ1v) is 9.63. The zero-order chi connectivity index (χ0) is 13.6. The summed E-state index contributed by atoms with van der Waals surface area (Å²) in [5, 5.41) is 3.01. The van der Waals surface area contributed by atoms with Crippen molar-refractivity contribution in [1.29, 1.82) is 0 Å². The van der Waals surface area contributed by atoms with Gasteiger partial charge in [-0.2, -0.15) is 0 Å². The highest BCUT2D eigenvalue weighted by Gasteiger charge is 2.31. The minimum Gasteiger partial charge on any atom is -0.469 e. The zero-order valence-electron chi connectivity index (χ0n) is 10.2. The zero-order valence-corrected chi connectivity index (χ0v) is 12.7. The van der Waals surface area contributed by atoms with E-state index in [-0.39, 0.29) is 18.8 Å². The van der Waals surface area contributed by atoms with E-state index in [1.54, 1.807) is 0 Å². The van der Waals surface area contributed by atoms with Gasteiger partial charge in [-0.15, -0.1) is 0 Å². The molecule has 0 aliphatic carbocycles. The highest BCUT2D eigenvalue weighted by Crippen LogP contribution is 2.60. The molecule has 0 aromatic rings. The highest BCUT2D eigenvalue weighted by molar-refractivity contribution is 8.69. The van der Waals surface area contributed by atoms with Crippen LogP contribution in [-0.4, -0.2) is 44.6 Å². The van der Waals surface area contributed by atoms with Crippen molar-refractivity contribution in [2.24, 2.45) is 0 Å². The quantitative estimate of drug-likeness (QED) is 0.576. The van der Waals surface area contributed by atoms with Crippen molar-refractivity contribution < 1.29 is 23.6 Å². The molecular weight excluding hydrogens is 297 g/mol. The summed E-state index contributed by atoms with van der Waals surface area (Å²) < 4.78 is 14.7. The minimum absolute atomic E-state index is 0.128. The van der Waals surface area contributed by atoms with Crippen LogP contribution in [0.4, 0.5) is 0 Å². The molecule has 104 valence electrons. The summed E-state index contributed by atoms with van der Waals surface area (Å²) in [6.07, 6.45) is 0.408. The van der Waals surface area contributed by atoms with Crippen LogP contribution in [0.1, 0.15) is 12.8 Å². The van der Waals surface area contributed by atoms with Gasteiger partial charge in [0.15, 0.2) is 5.62 Å². The first-order valence-electron chi connectivity index (χ1n) is 5.32. The van der Waals surface area contributed by atoms with E-state index in [1.807, 2.05) is 0 Å². The maximum atomic E-state index is 11.6. The van der Waals surface area contributed by atoms with Gasteiger partial charge in [0.2, 0.25) is 0 Å². The highest BCUT2D eigenvalue weighted by atomic mass is 32.9. The summed E-state index contributed by atoms with van der Waals surface area (Å²) in [5.41, 5.74) is -2.21. The average Bonchev–Trinajstić information content (AvgIpc) is 2.79. The van der Waals surface area contributed by atoms with E-state index < -0.39 is 17.6 Å². The van der Waals surface area contributed by atoms with Crippen LogP contribution in [-0.2, 0) is 35.4 Å². The molecule has 0 amide bonds. The van der Waals surface area contributed by atoms with Gasteiger partial charge >= 0.3 is 11.9 Å². The number of methoxy groups -OCH3 is 2. The van der Waals surface area contributed by atoms with Crippen molar-refractivity contribution >= 4 is 40.7 Å². The number of carbonyl (C=O) groups excluding carboxylic acids is 2. The standard InChI is InChI=1S/C9H16NO5PS2/c1-13-8(11)4-3-7(9(12)14-2)10-16(17)15-5-6-18-16/h7H,3-6H2,1-2H3,(H,10,17). The molecule has 1 aliphatic rings. The van der Waals surface area contributed by atoms with Crippen molar-refractivity contribution in [3.63, 3.8) is 0 Å². The van der Waals surface area contributed by atoms with Gasteiger partial charge in [-0.1, -0.05) is 11.4 Å². The van der Waals surface area contributed by atoms with E-state index in [0.717, 1.165) is 5.75 Å². The van der Waals surface area contributed by atoms with Crippen LogP contribution in [0.3, 0.4) is 0 Å². The van der Waals surface area contributed by atoms with Gasteiger partial charge in [0, 0.05) is 12.2 Å². The fourth-order valence-corrected chi connectivity index (χ4v) is 6.33. The van der Waals surface area contributed by atoms with Crippen LogP contribution in [0.2, 0.25) is 0 Å². The van der Waals surface area contributed by atoms with Crippen LogP contribution in [0.5, 0.6) is 0 Å². The Morgan fingerprint density at radius 3 is 2.72 bits per heavy atom. The lowest BCUT2D eigenvalue weighted by molar-refractivity contribution is -0.144. The second kappa shape index (κ2) is 7.45. The lowest BCUT2D eigenvalue weighted by Gasteiger charge is -2.22. The maximum Gasteiger partial charge on any atom is 0.323 e. The Kier molecular flexibility index (Phi) is 6.59. The smallest absolute Gasteiger partial charge is 0.323 e. The molecule has 1 aliphatic heterocycles. The lowest BCUT2D eigenvalue weighted by atomic mass is 10.2. The summed E-state index contributed by atoms with van der Waals surface area (Å²) in [7, 11) is 2.60. The van der Waals surface area contributed by atoms with Gasteiger partial charge in [0.1, 0.15) is 6.04 Å². The number of hydrogen-bond acceptors (Lipinski definition) is 7. The van der Waals surface area contributed by atoms with Gasteiger partial charge in [-0.25, -0.2) is 5.09 Å². The van der Waals surface area contributed by atoms with E-state index in [1.165, 1.54) is 25.6 Å². The number of nitrogens with one attached hydrogen (secondary N) is 1. The van der Waals surface area contributed by atoms with Gasteiger partial charge in [-0.05, 0) is 18.2 Å². The predicted molar refractivity (Wildman–Crippen MR) is 72.9 cm³/mol. The monoisotopic (exact) mass is 313 g/mol. The molecule has 0 radical (unpaired) electrons. The van der Waals surface area contributed by atoms with E-state index in [0.29, 0.717) is 6.61 Å². The first-order chi connectivity index (χ1) is 8.50. The summed E-state index contributed by atoms with van der Waals surface area (Å²) >= 11 is 6.84. The second-order valence-corrected chi connectivity index (χ2v) is 10.2. The minimum atomic E-state index is -2.21. The third-order valence-corrected chi connectivity index (χ3v) is 7.89. The first kappa shape index (κ1) is 15.9. The van der Waals surface area contributed by atoms with Crippen molar-refractivity contribution in [2.45, 2.75) is 18.9 Å². The van der Waals surface area contributed by atoms with Crippen LogP contribution in [0.15, 0.2) is 0 Å². The Labute approximate surface area is 115 Å². The Balaban J connectivity index is 2.58. The molecule has 1 heterocycles. The lowest BCUT2D eigenvalue weighted by Crippen LogP contribution is -2.35. The number of ether oxygens (including phenoxy) is 2. The fourth-order valence-electron chi connectivity index (χ4n) is 1.36. The SMILES string of the molecule is COC(=O)CCC(NP1(=S)OCCS1)C(=O)OC. The Morgan fingerprint density at radius 2 is 2.22 bits per heavy atom. The third kappa shape index (κ3) is 4.85. The summed E-state index contributed by atoms with van der Waals surface area (Å²) in [6.45, 7) is 0.583. The van der Waals surface area contributed by atoms with Gasteiger partial charge < -0.3 is 14.0 Å². The maximum absolute atomic E-state index is 11.6. The van der Waals surface area contributed by atoms with E-state index in [9.17, 15) is 9.59 Å². The normalized spacial score (nSPS) is 24.6. The fraction of sp³-hybridized carbons (Fsp3) is 0.778. The largest absolute Gasteiger partial charge is 0.469 e. The molecule has 1 N–H and O–H groups in total. The molecular formula is C9H16NO5PS2. The Bertz CT molecular complexity index is 355. The molecule has 0 aromatic heterocycles. The summed E-state index contributed by atoms with van der Waals surface area (Å²) in [5.74, 6) is -0.00324. The molecule has 0 bridgehead atoms. The van der Waals surface area contributed by atoms with Crippen LogP contribution in [0.25, 0.3) is 0 Å². The molecule has 18 heavy (non-hydrogen) atoms. The summed E-state index contributed by atoms with van der Waals surface area (Å²) in [6, 6.07) is -0.634. The number of carbonyl (C=O) groups is 2. The molecule has 1 saturated heterocycles. The van der Waals surface area contributed by atoms with Crippen molar-refractivity contribution in [3.8, 4) is 0 Å². The molecule has 1 fully saturated rings. The van der Waals surface area contributed by atoms with Crippen LogP contribution >= 0.6 is 17.0 Å². The number of esters is 2. The number of hydrogen-bond donors (Lipinski definition) is 1. The molecule has 2 atom stereocenters. The molecule has 0 spiro atoms. The van der Waals surface area contributed by atoms with Crippen molar-refractivity contribution in [3.05, 3.63) is 0 Å². The molecule has 2 unspecified atom stereocenters.